The lowest BCUT2D eigenvalue weighted by Gasteiger charge is -2.18. The van der Waals surface area contributed by atoms with Crippen LogP contribution in [0.25, 0.3) is 0 Å². The molecule has 0 saturated carbocycles. The van der Waals surface area contributed by atoms with Crippen molar-refractivity contribution < 1.29 is 10.2 Å². The van der Waals surface area contributed by atoms with Crippen LogP contribution in [0.3, 0.4) is 0 Å². The molecule has 14 nitrogen and oxygen atoms in total. The van der Waals surface area contributed by atoms with Crippen LogP contribution in [-0.2, 0) is 39.3 Å². The molecule has 0 amide bonds. The Morgan fingerprint density at radius 1 is 0.647 bits per heavy atom. The highest BCUT2D eigenvalue weighted by atomic mass is 16.3. The number of aromatic nitrogens is 6. The molecule has 0 bridgehead atoms. The summed E-state index contributed by atoms with van der Waals surface area (Å²) in [6, 6.07) is 0. The molecule has 2 rings (SSSR count). The van der Waals surface area contributed by atoms with E-state index in [1.807, 2.05) is 0 Å². The SMILES string of the molecule is C=CCn1c(=O)n(CC)c(=O)n(CC(O)Cn2c(=O)n(CC=C)c(=O)n(CC(C)O)c2=O)c1=O. The highest BCUT2D eigenvalue weighted by Crippen LogP contribution is 1.91. The van der Waals surface area contributed by atoms with Crippen molar-refractivity contribution in [3.05, 3.63) is 88.2 Å². The van der Waals surface area contributed by atoms with Gasteiger partial charge in [0.05, 0.1) is 44.9 Å². The Bertz CT molecular complexity index is 1430. The molecular weight excluding hydrogens is 452 g/mol. The fourth-order valence-corrected chi connectivity index (χ4v) is 3.42. The normalized spacial score (nSPS) is 12.9. The van der Waals surface area contributed by atoms with Gasteiger partial charge in [-0.3, -0.25) is 0 Å². The van der Waals surface area contributed by atoms with E-state index in [-0.39, 0.29) is 19.6 Å². The largest absolute Gasteiger partial charge is 0.392 e. The Kier molecular flexibility index (Phi) is 8.48. The van der Waals surface area contributed by atoms with Gasteiger partial charge in [0, 0.05) is 6.54 Å². The summed E-state index contributed by atoms with van der Waals surface area (Å²) in [6.45, 7) is 7.63. The van der Waals surface area contributed by atoms with E-state index in [0.29, 0.717) is 18.3 Å². The van der Waals surface area contributed by atoms with Crippen LogP contribution in [-0.4, -0.2) is 49.8 Å². The van der Waals surface area contributed by atoms with Crippen LogP contribution in [0.4, 0.5) is 0 Å². The summed E-state index contributed by atoms with van der Waals surface area (Å²) in [5, 5.41) is 20.2. The van der Waals surface area contributed by atoms with Crippen LogP contribution >= 0.6 is 0 Å². The molecule has 186 valence electrons. The van der Waals surface area contributed by atoms with Crippen molar-refractivity contribution in [3.63, 3.8) is 0 Å². The topological polar surface area (TPSA) is 172 Å². The third-order valence-corrected chi connectivity index (χ3v) is 4.94. The van der Waals surface area contributed by atoms with Gasteiger partial charge < -0.3 is 10.2 Å². The van der Waals surface area contributed by atoms with Crippen molar-refractivity contribution in [1.29, 1.82) is 0 Å². The molecule has 0 aliphatic heterocycles. The fraction of sp³-hybridized carbons (Fsp3) is 0.500. The van der Waals surface area contributed by atoms with Crippen molar-refractivity contribution in [2.75, 3.05) is 0 Å². The van der Waals surface area contributed by atoms with E-state index in [1.54, 1.807) is 0 Å². The maximum absolute atomic E-state index is 12.8. The van der Waals surface area contributed by atoms with Crippen LogP contribution in [0.5, 0.6) is 0 Å². The quantitative estimate of drug-likeness (QED) is 0.312. The summed E-state index contributed by atoms with van der Waals surface area (Å²) in [4.78, 5) is 75.7. The van der Waals surface area contributed by atoms with E-state index >= 15 is 0 Å². The van der Waals surface area contributed by atoms with Gasteiger partial charge in [0.1, 0.15) is 0 Å². The predicted octanol–water partition coefficient (Wildman–Crippen LogP) is -3.51. The standard InChI is InChI=1S/C20H28N6O8/c1-5-8-22-15(29)21(7-3)16(30)25(18(22)32)11-14(28)12-26-19(33)23(9-6-2)17(31)24(20(26)34)10-13(4)27/h5-6,13-14,27-28H,1-2,7-12H2,3-4H3. The van der Waals surface area contributed by atoms with Gasteiger partial charge in [-0.25, -0.2) is 56.2 Å². The fourth-order valence-electron chi connectivity index (χ4n) is 3.42. The maximum atomic E-state index is 12.8. The first kappa shape index (κ1) is 26.5. The zero-order chi connectivity index (χ0) is 25.7. The van der Waals surface area contributed by atoms with E-state index in [4.69, 9.17) is 0 Å². The van der Waals surface area contributed by atoms with E-state index < -0.39 is 66.0 Å². The van der Waals surface area contributed by atoms with Crippen LogP contribution < -0.4 is 34.1 Å². The Hall–Kier alpha value is -3.78. The summed E-state index contributed by atoms with van der Waals surface area (Å²) in [6.07, 6.45) is -0.141. The van der Waals surface area contributed by atoms with Gasteiger partial charge in [-0.05, 0) is 13.8 Å². The van der Waals surface area contributed by atoms with E-state index in [1.165, 1.54) is 26.0 Å². The van der Waals surface area contributed by atoms with Gasteiger partial charge >= 0.3 is 34.1 Å². The van der Waals surface area contributed by atoms with Gasteiger partial charge in [0.25, 0.3) is 0 Å². The first-order valence-electron chi connectivity index (χ1n) is 10.5. The molecule has 0 aromatic carbocycles. The van der Waals surface area contributed by atoms with Crippen molar-refractivity contribution in [1.82, 2.24) is 27.4 Å². The van der Waals surface area contributed by atoms with Crippen LogP contribution in [0.15, 0.2) is 54.1 Å². The molecule has 0 radical (unpaired) electrons. The molecule has 34 heavy (non-hydrogen) atoms. The summed E-state index contributed by atoms with van der Waals surface area (Å²) >= 11 is 0. The van der Waals surface area contributed by atoms with E-state index in [0.717, 1.165) is 9.13 Å². The van der Waals surface area contributed by atoms with Crippen LogP contribution in [0.2, 0.25) is 0 Å². The molecule has 0 aliphatic carbocycles. The Labute approximate surface area is 191 Å². The minimum absolute atomic E-state index is 0.0405. The van der Waals surface area contributed by atoms with E-state index in [2.05, 4.69) is 13.2 Å². The number of nitrogens with zero attached hydrogens (tertiary/aromatic N) is 6. The number of hydrogen-bond donors (Lipinski definition) is 2. The number of aliphatic hydroxyl groups is 2. The lowest BCUT2D eigenvalue weighted by molar-refractivity contribution is 0.122. The van der Waals surface area contributed by atoms with Crippen molar-refractivity contribution >= 4 is 0 Å². The molecule has 0 fully saturated rings. The minimum Gasteiger partial charge on any atom is -0.392 e. The van der Waals surface area contributed by atoms with Crippen LogP contribution in [0.1, 0.15) is 13.8 Å². The molecule has 0 saturated heterocycles. The second kappa shape index (κ2) is 10.9. The maximum Gasteiger partial charge on any atom is 0.336 e. The van der Waals surface area contributed by atoms with Gasteiger partial charge in [0.2, 0.25) is 0 Å². The summed E-state index contributed by atoms with van der Waals surface area (Å²) in [5.74, 6) is 0. The second-order valence-electron chi connectivity index (χ2n) is 7.57. The van der Waals surface area contributed by atoms with Gasteiger partial charge in [-0.15, -0.1) is 13.2 Å². The predicted molar refractivity (Wildman–Crippen MR) is 122 cm³/mol. The zero-order valence-corrected chi connectivity index (χ0v) is 19.0. The highest BCUT2D eigenvalue weighted by molar-refractivity contribution is 4.86. The number of allylic oxidation sites excluding steroid dienone is 2. The summed E-state index contributed by atoms with van der Waals surface area (Å²) in [5.41, 5.74) is -5.87. The average Bonchev–Trinajstić information content (AvgIpc) is 2.78. The van der Waals surface area contributed by atoms with E-state index in [9.17, 15) is 39.0 Å². The Balaban J connectivity index is 2.61. The lowest BCUT2D eigenvalue weighted by Crippen LogP contribution is -2.57. The lowest BCUT2D eigenvalue weighted by atomic mass is 10.3. The summed E-state index contributed by atoms with van der Waals surface area (Å²) < 4.78 is 4.09. The molecule has 14 heteroatoms. The third kappa shape index (κ3) is 5.07. The van der Waals surface area contributed by atoms with Crippen LogP contribution in [0, 0.1) is 0 Å². The van der Waals surface area contributed by atoms with Crippen molar-refractivity contribution in [2.45, 2.75) is 65.3 Å². The first-order chi connectivity index (χ1) is 16.0. The molecule has 2 aromatic heterocycles. The molecule has 2 atom stereocenters. The molecule has 2 N–H and O–H groups in total. The Morgan fingerprint density at radius 2 is 0.971 bits per heavy atom. The third-order valence-electron chi connectivity index (χ3n) is 4.94. The zero-order valence-electron chi connectivity index (χ0n) is 19.0. The minimum atomic E-state index is -1.61. The smallest absolute Gasteiger partial charge is 0.336 e. The Morgan fingerprint density at radius 3 is 1.32 bits per heavy atom. The molecule has 2 aromatic rings. The number of rotatable bonds is 11. The van der Waals surface area contributed by atoms with Crippen molar-refractivity contribution in [3.8, 4) is 0 Å². The molecule has 0 spiro atoms. The van der Waals surface area contributed by atoms with Gasteiger partial charge in [-0.1, -0.05) is 12.2 Å². The first-order valence-corrected chi connectivity index (χ1v) is 10.5. The molecular formula is C20H28N6O8. The van der Waals surface area contributed by atoms with Gasteiger partial charge in [-0.2, -0.15) is 0 Å². The molecule has 2 unspecified atom stereocenters. The number of aliphatic hydroxyl groups excluding tert-OH is 2. The summed E-state index contributed by atoms with van der Waals surface area (Å²) in [7, 11) is 0. The van der Waals surface area contributed by atoms with Crippen molar-refractivity contribution in [2.24, 2.45) is 0 Å². The highest BCUT2D eigenvalue weighted by Gasteiger charge is 2.21. The van der Waals surface area contributed by atoms with Gasteiger partial charge in [0.15, 0.2) is 0 Å². The average molecular weight is 480 g/mol. The molecule has 0 aliphatic rings. The monoisotopic (exact) mass is 480 g/mol. The molecule has 2 heterocycles. The number of hydrogen-bond acceptors (Lipinski definition) is 8. The second-order valence-corrected chi connectivity index (χ2v) is 7.57.